The van der Waals surface area contributed by atoms with Crippen LogP contribution in [0.2, 0.25) is 5.02 Å². The van der Waals surface area contributed by atoms with E-state index >= 15 is 0 Å². The van der Waals surface area contributed by atoms with Gasteiger partial charge in [0.25, 0.3) is 0 Å². The quantitative estimate of drug-likeness (QED) is 0.485. The standard InChI is InChI=1S/C12H6ClIS/c13-7-3-1-5-9-11(7)12-8(14)4-2-6-10(12)15-9/h1-6H. The van der Waals surface area contributed by atoms with Crippen molar-refractivity contribution in [2.24, 2.45) is 0 Å². The van der Waals surface area contributed by atoms with Crippen molar-refractivity contribution in [2.45, 2.75) is 0 Å². The predicted octanol–water partition coefficient (Wildman–Crippen LogP) is 5.31. The zero-order valence-electron chi connectivity index (χ0n) is 7.63. The molecular formula is C12H6ClIS. The zero-order valence-corrected chi connectivity index (χ0v) is 11.4. The van der Waals surface area contributed by atoms with E-state index in [2.05, 4.69) is 46.9 Å². The molecule has 1 aromatic heterocycles. The van der Waals surface area contributed by atoms with Crippen LogP contribution >= 0.6 is 45.5 Å². The topological polar surface area (TPSA) is 0 Å². The van der Waals surface area contributed by atoms with Crippen LogP contribution in [-0.2, 0) is 0 Å². The van der Waals surface area contributed by atoms with E-state index in [9.17, 15) is 0 Å². The number of rotatable bonds is 0. The van der Waals surface area contributed by atoms with Gasteiger partial charge < -0.3 is 0 Å². The number of thiophene rings is 1. The van der Waals surface area contributed by atoms with E-state index in [1.807, 2.05) is 12.1 Å². The summed E-state index contributed by atoms with van der Waals surface area (Å²) in [5.41, 5.74) is 0. The van der Waals surface area contributed by atoms with Crippen LogP contribution in [0.25, 0.3) is 20.2 Å². The lowest BCUT2D eigenvalue weighted by atomic mass is 10.1. The molecule has 0 spiro atoms. The van der Waals surface area contributed by atoms with Gasteiger partial charge >= 0.3 is 0 Å². The molecule has 0 aliphatic heterocycles. The first kappa shape index (κ1) is 9.87. The van der Waals surface area contributed by atoms with Crippen LogP contribution in [0.1, 0.15) is 0 Å². The van der Waals surface area contributed by atoms with Gasteiger partial charge in [0.1, 0.15) is 0 Å². The number of hydrogen-bond acceptors (Lipinski definition) is 1. The first-order valence-corrected chi connectivity index (χ1v) is 6.80. The fourth-order valence-electron chi connectivity index (χ4n) is 1.78. The van der Waals surface area contributed by atoms with Gasteiger partial charge in [-0.2, -0.15) is 0 Å². The fraction of sp³-hybridized carbons (Fsp3) is 0. The summed E-state index contributed by atoms with van der Waals surface area (Å²) in [6.07, 6.45) is 0. The molecule has 3 rings (SSSR count). The summed E-state index contributed by atoms with van der Waals surface area (Å²) in [5, 5.41) is 3.34. The van der Waals surface area contributed by atoms with E-state index in [1.54, 1.807) is 11.3 Å². The number of halogens is 2. The van der Waals surface area contributed by atoms with Gasteiger partial charge in [0.2, 0.25) is 0 Å². The smallest absolute Gasteiger partial charge is 0.0499 e. The summed E-state index contributed by atoms with van der Waals surface area (Å²) in [7, 11) is 0. The molecule has 1 heterocycles. The molecule has 15 heavy (non-hydrogen) atoms. The maximum atomic E-state index is 6.25. The second-order valence-electron chi connectivity index (χ2n) is 3.33. The van der Waals surface area contributed by atoms with Gasteiger partial charge in [0.15, 0.2) is 0 Å². The van der Waals surface area contributed by atoms with Crippen molar-refractivity contribution >= 4 is 65.7 Å². The normalized spacial score (nSPS) is 11.3. The summed E-state index contributed by atoms with van der Waals surface area (Å²) in [5.74, 6) is 0. The lowest BCUT2D eigenvalue weighted by Crippen LogP contribution is -1.73. The molecule has 0 unspecified atom stereocenters. The van der Waals surface area contributed by atoms with Crippen LogP contribution in [0.5, 0.6) is 0 Å². The Labute approximate surface area is 110 Å². The third-order valence-corrected chi connectivity index (χ3v) is 4.75. The zero-order chi connectivity index (χ0) is 10.4. The second kappa shape index (κ2) is 3.61. The minimum atomic E-state index is 0.850. The van der Waals surface area contributed by atoms with E-state index in [4.69, 9.17) is 11.6 Å². The lowest BCUT2D eigenvalue weighted by molar-refractivity contribution is 1.78. The highest BCUT2D eigenvalue weighted by Gasteiger charge is 2.09. The van der Waals surface area contributed by atoms with Crippen LogP contribution in [-0.4, -0.2) is 0 Å². The van der Waals surface area contributed by atoms with E-state index in [0.717, 1.165) is 5.02 Å². The summed E-state index contributed by atoms with van der Waals surface area (Å²) in [6, 6.07) is 12.5. The Kier molecular flexibility index (Phi) is 2.38. The van der Waals surface area contributed by atoms with Crippen molar-refractivity contribution in [3.63, 3.8) is 0 Å². The van der Waals surface area contributed by atoms with Crippen LogP contribution in [0.4, 0.5) is 0 Å². The molecule has 0 radical (unpaired) electrons. The first-order chi connectivity index (χ1) is 7.27. The van der Waals surface area contributed by atoms with Crippen molar-refractivity contribution in [3.05, 3.63) is 45.0 Å². The summed E-state index contributed by atoms with van der Waals surface area (Å²) >= 11 is 10.4. The molecular weight excluding hydrogens is 339 g/mol. The molecule has 2 aromatic carbocycles. The van der Waals surface area contributed by atoms with E-state index in [-0.39, 0.29) is 0 Å². The average molecular weight is 345 g/mol. The molecule has 0 bridgehead atoms. The van der Waals surface area contributed by atoms with Crippen LogP contribution in [0, 0.1) is 3.57 Å². The summed E-state index contributed by atoms with van der Waals surface area (Å²) < 4.78 is 3.84. The lowest BCUT2D eigenvalue weighted by Gasteiger charge is -1.96. The Hall–Kier alpha value is -0.320. The maximum Gasteiger partial charge on any atom is 0.0499 e. The van der Waals surface area contributed by atoms with Crippen molar-refractivity contribution in [1.29, 1.82) is 0 Å². The van der Waals surface area contributed by atoms with E-state index in [1.165, 1.54) is 23.7 Å². The van der Waals surface area contributed by atoms with Gasteiger partial charge in [-0.05, 0) is 46.9 Å². The molecule has 0 amide bonds. The van der Waals surface area contributed by atoms with Gasteiger partial charge in [-0.1, -0.05) is 23.7 Å². The molecule has 0 aliphatic carbocycles. The monoisotopic (exact) mass is 344 g/mol. The van der Waals surface area contributed by atoms with Gasteiger partial charge in [-0.25, -0.2) is 0 Å². The third-order valence-electron chi connectivity index (χ3n) is 2.42. The molecule has 74 valence electrons. The molecule has 0 aliphatic rings. The Morgan fingerprint density at radius 3 is 2.40 bits per heavy atom. The minimum Gasteiger partial charge on any atom is -0.135 e. The molecule has 0 fully saturated rings. The molecule has 0 atom stereocenters. The number of benzene rings is 2. The van der Waals surface area contributed by atoms with Crippen molar-refractivity contribution in [2.75, 3.05) is 0 Å². The third kappa shape index (κ3) is 1.47. The van der Waals surface area contributed by atoms with Crippen molar-refractivity contribution in [1.82, 2.24) is 0 Å². The highest BCUT2D eigenvalue weighted by molar-refractivity contribution is 14.1. The van der Waals surface area contributed by atoms with Crippen LogP contribution in [0.15, 0.2) is 36.4 Å². The Balaban J connectivity index is 2.67. The summed E-state index contributed by atoms with van der Waals surface area (Å²) in [4.78, 5) is 0. The van der Waals surface area contributed by atoms with Crippen molar-refractivity contribution in [3.8, 4) is 0 Å². The predicted molar refractivity (Wildman–Crippen MR) is 77.1 cm³/mol. The van der Waals surface area contributed by atoms with Gasteiger partial charge in [0.05, 0.1) is 0 Å². The largest absolute Gasteiger partial charge is 0.135 e. The highest BCUT2D eigenvalue weighted by atomic mass is 127. The molecule has 0 N–H and O–H groups in total. The SMILES string of the molecule is Clc1cccc2sc3cccc(I)c3c12. The Morgan fingerprint density at radius 1 is 0.933 bits per heavy atom. The van der Waals surface area contributed by atoms with E-state index in [0.29, 0.717) is 0 Å². The molecule has 0 nitrogen and oxygen atoms in total. The minimum absolute atomic E-state index is 0.850. The summed E-state index contributed by atoms with van der Waals surface area (Å²) in [6.45, 7) is 0. The second-order valence-corrected chi connectivity index (χ2v) is 5.98. The molecule has 0 saturated heterocycles. The number of fused-ring (bicyclic) bond motifs is 3. The van der Waals surface area contributed by atoms with Gasteiger partial charge in [-0.15, -0.1) is 11.3 Å². The Bertz CT molecular complexity index is 601. The highest BCUT2D eigenvalue weighted by Crippen LogP contribution is 2.39. The van der Waals surface area contributed by atoms with Crippen molar-refractivity contribution < 1.29 is 0 Å². The fourth-order valence-corrected chi connectivity index (χ4v) is 4.22. The number of hydrogen-bond donors (Lipinski definition) is 0. The molecule has 3 heteroatoms. The van der Waals surface area contributed by atoms with Gasteiger partial charge in [0, 0.05) is 28.8 Å². The molecule has 3 aromatic rings. The van der Waals surface area contributed by atoms with Crippen LogP contribution in [0.3, 0.4) is 0 Å². The Morgan fingerprint density at radius 2 is 1.60 bits per heavy atom. The maximum absolute atomic E-state index is 6.25. The van der Waals surface area contributed by atoms with E-state index < -0.39 is 0 Å². The van der Waals surface area contributed by atoms with Gasteiger partial charge in [-0.3, -0.25) is 0 Å². The first-order valence-electron chi connectivity index (χ1n) is 4.52. The van der Waals surface area contributed by atoms with Crippen LogP contribution < -0.4 is 0 Å². The molecule has 0 saturated carbocycles. The average Bonchev–Trinajstić information content (AvgIpc) is 2.58.